The Kier molecular flexibility index (Phi) is 6.67. The lowest BCUT2D eigenvalue weighted by atomic mass is 10.1. The summed E-state index contributed by atoms with van der Waals surface area (Å²) in [5.74, 6) is 0.859. The number of methoxy groups -OCH3 is 1. The largest absolute Gasteiger partial charge is 0.496 e. The average molecular weight is 326 g/mol. The molecule has 24 heavy (non-hydrogen) atoms. The minimum absolute atomic E-state index is 0.128. The number of rotatable bonds is 7. The van der Waals surface area contributed by atoms with Crippen molar-refractivity contribution in [1.29, 1.82) is 0 Å². The van der Waals surface area contributed by atoms with Crippen LogP contribution in [0.2, 0.25) is 0 Å². The fraction of sp³-hybridized carbons (Fsp3) is 0.350. The molecule has 4 nitrogen and oxygen atoms in total. The molecule has 0 saturated carbocycles. The Bertz CT molecular complexity index is 656. The van der Waals surface area contributed by atoms with E-state index in [0.29, 0.717) is 6.54 Å². The molecule has 0 fully saturated rings. The topological polar surface area (TPSA) is 50.4 Å². The maximum atomic E-state index is 12.0. The lowest BCUT2D eigenvalue weighted by Crippen LogP contribution is -2.40. The van der Waals surface area contributed by atoms with E-state index in [1.54, 1.807) is 7.11 Å². The minimum Gasteiger partial charge on any atom is -0.496 e. The fourth-order valence-electron chi connectivity index (χ4n) is 2.61. The molecule has 2 aromatic carbocycles. The first-order valence-corrected chi connectivity index (χ1v) is 8.30. The number of nitrogens with one attached hydrogen (secondary N) is 2. The van der Waals surface area contributed by atoms with Gasteiger partial charge in [-0.3, -0.25) is 0 Å². The van der Waals surface area contributed by atoms with Gasteiger partial charge in [0.1, 0.15) is 5.75 Å². The van der Waals surface area contributed by atoms with Gasteiger partial charge in [0.15, 0.2) is 0 Å². The van der Waals surface area contributed by atoms with E-state index < -0.39 is 0 Å². The van der Waals surface area contributed by atoms with Crippen molar-refractivity contribution in [1.82, 2.24) is 10.6 Å². The van der Waals surface area contributed by atoms with Gasteiger partial charge in [0.25, 0.3) is 0 Å². The smallest absolute Gasteiger partial charge is 0.315 e. The predicted octanol–water partition coefficient (Wildman–Crippen LogP) is 3.82. The van der Waals surface area contributed by atoms with E-state index in [4.69, 9.17) is 4.74 Å². The van der Waals surface area contributed by atoms with Crippen molar-refractivity contribution < 1.29 is 9.53 Å². The van der Waals surface area contributed by atoms with Crippen molar-refractivity contribution in [3.63, 3.8) is 0 Å². The summed E-state index contributed by atoms with van der Waals surface area (Å²) < 4.78 is 5.24. The molecule has 0 bridgehead atoms. The van der Waals surface area contributed by atoms with Gasteiger partial charge < -0.3 is 15.4 Å². The van der Waals surface area contributed by atoms with Gasteiger partial charge in [0.05, 0.1) is 7.11 Å². The van der Waals surface area contributed by atoms with Crippen LogP contribution in [0, 0.1) is 6.92 Å². The SMILES string of the molecule is COc1ccc(CNC(=O)NC(C)CCc2ccccc2)cc1C. The van der Waals surface area contributed by atoms with Crippen LogP contribution >= 0.6 is 0 Å². The van der Waals surface area contributed by atoms with E-state index in [9.17, 15) is 4.79 Å². The Morgan fingerprint density at radius 3 is 2.54 bits per heavy atom. The molecule has 2 rings (SSSR count). The molecule has 0 radical (unpaired) electrons. The summed E-state index contributed by atoms with van der Waals surface area (Å²) in [6.07, 6.45) is 1.87. The van der Waals surface area contributed by atoms with Crippen LogP contribution in [0.1, 0.15) is 30.0 Å². The van der Waals surface area contributed by atoms with Gasteiger partial charge in [-0.2, -0.15) is 0 Å². The molecule has 0 heterocycles. The molecule has 0 aliphatic heterocycles. The summed E-state index contributed by atoms with van der Waals surface area (Å²) in [6.45, 7) is 4.52. The summed E-state index contributed by atoms with van der Waals surface area (Å²) in [5.41, 5.74) is 3.41. The molecule has 2 N–H and O–H groups in total. The molecule has 0 spiro atoms. The summed E-state index contributed by atoms with van der Waals surface area (Å²) >= 11 is 0. The van der Waals surface area contributed by atoms with Gasteiger partial charge in [0, 0.05) is 12.6 Å². The third-order valence-electron chi connectivity index (χ3n) is 4.00. The van der Waals surface area contributed by atoms with Gasteiger partial charge in [-0.05, 0) is 49.4 Å². The first-order chi connectivity index (χ1) is 11.6. The zero-order valence-electron chi connectivity index (χ0n) is 14.6. The molecule has 2 aromatic rings. The highest BCUT2D eigenvalue weighted by molar-refractivity contribution is 5.74. The van der Waals surface area contributed by atoms with E-state index >= 15 is 0 Å². The van der Waals surface area contributed by atoms with Gasteiger partial charge in [-0.25, -0.2) is 4.79 Å². The maximum absolute atomic E-state index is 12.0. The molecular weight excluding hydrogens is 300 g/mol. The lowest BCUT2D eigenvalue weighted by molar-refractivity contribution is 0.237. The molecule has 128 valence electrons. The van der Waals surface area contributed by atoms with Crippen LogP contribution < -0.4 is 15.4 Å². The zero-order chi connectivity index (χ0) is 17.4. The molecule has 0 aliphatic carbocycles. The molecule has 0 aliphatic rings. The number of ether oxygens (including phenoxy) is 1. The van der Waals surface area contributed by atoms with Gasteiger partial charge in [-0.1, -0.05) is 42.5 Å². The summed E-state index contributed by atoms with van der Waals surface area (Å²) in [5, 5.41) is 5.88. The quantitative estimate of drug-likeness (QED) is 0.812. The van der Waals surface area contributed by atoms with Crippen LogP contribution in [-0.4, -0.2) is 19.2 Å². The van der Waals surface area contributed by atoms with Crippen molar-refractivity contribution in [3.05, 3.63) is 65.2 Å². The van der Waals surface area contributed by atoms with Crippen molar-refractivity contribution in [2.75, 3.05) is 7.11 Å². The van der Waals surface area contributed by atoms with E-state index in [2.05, 4.69) is 22.8 Å². The second-order valence-corrected chi connectivity index (χ2v) is 6.06. The first kappa shape index (κ1) is 17.9. The van der Waals surface area contributed by atoms with E-state index in [0.717, 1.165) is 29.7 Å². The minimum atomic E-state index is -0.135. The standard InChI is InChI=1S/C20H26N2O2/c1-15-13-18(11-12-19(15)24-3)14-21-20(23)22-16(2)9-10-17-7-5-4-6-8-17/h4-8,11-13,16H,9-10,14H2,1-3H3,(H2,21,22,23). The van der Waals surface area contributed by atoms with Crippen LogP contribution in [0.25, 0.3) is 0 Å². The van der Waals surface area contributed by atoms with Gasteiger partial charge in [-0.15, -0.1) is 0 Å². The number of benzene rings is 2. The third-order valence-corrected chi connectivity index (χ3v) is 4.00. The highest BCUT2D eigenvalue weighted by Crippen LogP contribution is 2.18. The van der Waals surface area contributed by atoms with E-state index in [1.807, 2.05) is 50.2 Å². The molecule has 1 atom stereocenters. The van der Waals surface area contributed by atoms with Gasteiger partial charge >= 0.3 is 6.03 Å². The van der Waals surface area contributed by atoms with E-state index in [-0.39, 0.29) is 12.1 Å². The molecule has 0 saturated heterocycles. The molecule has 0 aromatic heterocycles. The Labute approximate surface area is 144 Å². The number of aryl methyl sites for hydroxylation is 2. The summed E-state index contributed by atoms with van der Waals surface area (Å²) in [4.78, 5) is 12.0. The summed E-state index contributed by atoms with van der Waals surface area (Å²) in [6, 6.07) is 16.2. The second kappa shape index (κ2) is 8.96. The fourth-order valence-corrected chi connectivity index (χ4v) is 2.61. The van der Waals surface area contributed by atoms with Crippen molar-refractivity contribution in [2.24, 2.45) is 0 Å². The second-order valence-electron chi connectivity index (χ2n) is 6.06. The third kappa shape index (κ3) is 5.61. The summed E-state index contributed by atoms with van der Waals surface area (Å²) in [7, 11) is 1.66. The Hall–Kier alpha value is -2.49. The molecule has 2 amide bonds. The molecule has 1 unspecified atom stereocenters. The Morgan fingerprint density at radius 2 is 1.88 bits per heavy atom. The monoisotopic (exact) mass is 326 g/mol. The van der Waals surface area contributed by atoms with E-state index in [1.165, 1.54) is 5.56 Å². The maximum Gasteiger partial charge on any atom is 0.315 e. The van der Waals surface area contributed by atoms with Crippen molar-refractivity contribution in [3.8, 4) is 5.75 Å². The van der Waals surface area contributed by atoms with Crippen LogP contribution in [0.5, 0.6) is 5.75 Å². The molecular formula is C20H26N2O2. The van der Waals surface area contributed by atoms with Crippen LogP contribution in [0.3, 0.4) is 0 Å². The average Bonchev–Trinajstić information content (AvgIpc) is 2.59. The van der Waals surface area contributed by atoms with Crippen molar-refractivity contribution >= 4 is 6.03 Å². The Balaban J connectivity index is 1.73. The molecule has 4 heteroatoms. The van der Waals surface area contributed by atoms with Crippen LogP contribution in [0.4, 0.5) is 4.79 Å². The van der Waals surface area contributed by atoms with Crippen LogP contribution in [-0.2, 0) is 13.0 Å². The number of carbonyl (C=O) groups is 1. The predicted molar refractivity (Wildman–Crippen MR) is 97.3 cm³/mol. The number of carbonyl (C=O) groups excluding carboxylic acids is 1. The lowest BCUT2D eigenvalue weighted by Gasteiger charge is -2.15. The highest BCUT2D eigenvalue weighted by atomic mass is 16.5. The zero-order valence-corrected chi connectivity index (χ0v) is 14.6. The number of hydrogen-bond acceptors (Lipinski definition) is 2. The number of amides is 2. The first-order valence-electron chi connectivity index (χ1n) is 8.30. The Morgan fingerprint density at radius 1 is 1.12 bits per heavy atom. The number of hydrogen-bond donors (Lipinski definition) is 2. The highest BCUT2D eigenvalue weighted by Gasteiger charge is 2.07. The van der Waals surface area contributed by atoms with Crippen LogP contribution in [0.15, 0.2) is 48.5 Å². The van der Waals surface area contributed by atoms with Crippen molar-refractivity contribution in [2.45, 2.75) is 39.3 Å². The number of urea groups is 1. The normalized spacial score (nSPS) is 11.6. The van der Waals surface area contributed by atoms with Gasteiger partial charge in [0.2, 0.25) is 0 Å².